The van der Waals surface area contributed by atoms with Crippen LogP contribution in [-0.2, 0) is 33.4 Å². The van der Waals surface area contributed by atoms with Crippen molar-refractivity contribution in [2.45, 2.75) is 50.4 Å². The molecule has 0 aliphatic rings. The van der Waals surface area contributed by atoms with Crippen LogP contribution in [0.4, 0.5) is 17.6 Å². The number of nitrogens with two attached hydrogens (primary N) is 3. The van der Waals surface area contributed by atoms with Crippen LogP contribution in [0.15, 0.2) is 42.5 Å². The Kier molecular flexibility index (Phi) is 13.5. The van der Waals surface area contributed by atoms with Gasteiger partial charge in [0.2, 0.25) is 11.8 Å². The Morgan fingerprint density at radius 2 is 1.55 bits per heavy atom. The van der Waals surface area contributed by atoms with Gasteiger partial charge in [0, 0.05) is 44.5 Å². The van der Waals surface area contributed by atoms with Crippen LogP contribution in [0.1, 0.15) is 36.0 Å². The van der Waals surface area contributed by atoms with Crippen LogP contribution in [0.25, 0.3) is 0 Å². The van der Waals surface area contributed by atoms with Gasteiger partial charge in [-0.1, -0.05) is 24.3 Å². The number of carbonyl (C=O) groups excluding carboxylic acids is 3. The van der Waals surface area contributed by atoms with Crippen molar-refractivity contribution in [2.75, 3.05) is 26.2 Å². The predicted octanol–water partition coefficient (Wildman–Crippen LogP) is -0.393. The first-order valence-corrected chi connectivity index (χ1v) is 13.3. The van der Waals surface area contributed by atoms with Gasteiger partial charge >= 0.3 is 13.3 Å². The molecule has 2 amide bonds. The molecule has 0 fully saturated rings. The molecule has 0 aliphatic carbocycles. The Morgan fingerprint density at radius 3 is 2.10 bits per heavy atom. The summed E-state index contributed by atoms with van der Waals surface area (Å²) >= 11 is 0. The van der Waals surface area contributed by atoms with Gasteiger partial charge in [0.25, 0.3) is 0 Å². The van der Waals surface area contributed by atoms with E-state index in [1.54, 1.807) is 0 Å². The maximum atomic E-state index is 13.9. The van der Waals surface area contributed by atoms with Gasteiger partial charge in [-0.2, -0.15) is 13.2 Å². The minimum atomic E-state index is -4.51. The van der Waals surface area contributed by atoms with Gasteiger partial charge < -0.3 is 37.5 Å². The number of hydrogen-bond acceptors (Lipinski definition) is 8. The molecule has 2 rings (SSSR count). The van der Waals surface area contributed by atoms with Crippen LogP contribution in [0, 0.1) is 5.82 Å². The highest BCUT2D eigenvalue weighted by molar-refractivity contribution is 6.58. The predicted molar refractivity (Wildman–Crippen MR) is 149 cm³/mol. The summed E-state index contributed by atoms with van der Waals surface area (Å²) in [5.41, 5.74) is 16.5. The molecule has 0 heterocycles. The summed E-state index contributed by atoms with van der Waals surface area (Å²) in [6, 6.07) is 5.43. The summed E-state index contributed by atoms with van der Waals surface area (Å²) in [5.74, 6) is -2.42. The summed E-state index contributed by atoms with van der Waals surface area (Å²) in [6.45, 7) is 1.04. The van der Waals surface area contributed by atoms with E-state index in [4.69, 9.17) is 17.2 Å². The molecule has 0 saturated carbocycles. The van der Waals surface area contributed by atoms with E-state index in [0.29, 0.717) is 5.56 Å². The molecule has 0 radical (unpaired) electrons. The Morgan fingerprint density at radius 1 is 0.952 bits per heavy atom. The molecular formula is C27H36BF4N5O5. The van der Waals surface area contributed by atoms with E-state index in [9.17, 15) is 42.0 Å². The topological polar surface area (TPSA) is 185 Å². The zero-order valence-electron chi connectivity index (χ0n) is 22.9. The highest BCUT2D eigenvalue weighted by Gasteiger charge is 2.30. The molecule has 0 bridgehead atoms. The zero-order valence-corrected chi connectivity index (χ0v) is 22.9. The van der Waals surface area contributed by atoms with E-state index >= 15 is 0 Å². The van der Waals surface area contributed by atoms with Crippen molar-refractivity contribution >= 4 is 30.2 Å². The first-order valence-electron chi connectivity index (χ1n) is 13.3. The van der Waals surface area contributed by atoms with Crippen molar-refractivity contribution in [1.82, 2.24) is 10.2 Å². The van der Waals surface area contributed by atoms with Crippen molar-refractivity contribution in [3.63, 3.8) is 0 Å². The lowest BCUT2D eigenvalue weighted by Gasteiger charge is -2.23. The average Bonchev–Trinajstić information content (AvgIpc) is 2.94. The SMILES string of the molecule is NCCN(CCN)C(=O)CC[C@H](N)C(=O)N[C@H](CCc1ccc(C(F)(F)F)cc1)C(=O)Cc1ccc(F)c(B(O)O)c1. The number of ketones is 1. The Labute approximate surface area is 241 Å². The van der Waals surface area contributed by atoms with Crippen LogP contribution in [-0.4, -0.2) is 77.9 Å². The van der Waals surface area contributed by atoms with Gasteiger partial charge in [-0.15, -0.1) is 0 Å². The van der Waals surface area contributed by atoms with E-state index in [-0.39, 0.29) is 69.8 Å². The molecule has 10 nitrogen and oxygen atoms in total. The lowest BCUT2D eigenvalue weighted by Crippen LogP contribution is -2.49. The van der Waals surface area contributed by atoms with Crippen molar-refractivity contribution in [2.24, 2.45) is 17.2 Å². The third kappa shape index (κ3) is 10.8. The van der Waals surface area contributed by atoms with E-state index in [1.165, 1.54) is 23.1 Å². The van der Waals surface area contributed by atoms with Crippen molar-refractivity contribution in [3.05, 3.63) is 65.0 Å². The monoisotopic (exact) mass is 597 g/mol. The number of hydrogen-bond donors (Lipinski definition) is 6. The van der Waals surface area contributed by atoms with E-state index < -0.39 is 53.9 Å². The van der Waals surface area contributed by atoms with E-state index in [1.807, 2.05) is 0 Å². The molecular weight excluding hydrogens is 561 g/mol. The number of nitrogens with one attached hydrogen (secondary N) is 1. The van der Waals surface area contributed by atoms with Crippen molar-refractivity contribution in [1.29, 1.82) is 0 Å². The molecule has 2 aromatic carbocycles. The third-order valence-electron chi connectivity index (χ3n) is 6.58. The summed E-state index contributed by atoms with van der Waals surface area (Å²) in [4.78, 5) is 40.1. The lowest BCUT2D eigenvalue weighted by atomic mass is 9.78. The molecule has 0 unspecified atom stereocenters. The number of Topliss-reactive ketones (excluding diaryl/α,β-unsaturated/α-hetero) is 1. The Bertz CT molecular complexity index is 1190. The van der Waals surface area contributed by atoms with Crippen molar-refractivity contribution in [3.8, 4) is 0 Å². The van der Waals surface area contributed by atoms with Crippen LogP contribution in [0.5, 0.6) is 0 Å². The number of carbonyl (C=O) groups is 3. The normalized spacial score (nSPS) is 12.9. The average molecular weight is 597 g/mol. The second kappa shape index (κ2) is 16.3. The second-order valence-electron chi connectivity index (χ2n) is 9.77. The molecule has 0 saturated heterocycles. The number of alkyl halides is 3. The minimum Gasteiger partial charge on any atom is -0.423 e. The van der Waals surface area contributed by atoms with E-state index in [0.717, 1.165) is 24.3 Å². The summed E-state index contributed by atoms with van der Waals surface area (Å²) in [6.07, 6.45) is -4.81. The summed E-state index contributed by atoms with van der Waals surface area (Å²) < 4.78 is 52.6. The molecule has 2 atom stereocenters. The summed E-state index contributed by atoms with van der Waals surface area (Å²) in [5, 5.41) is 21.3. The Balaban J connectivity index is 2.15. The van der Waals surface area contributed by atoms with Gasteiger partial charge in [0.05, 0.1) is 17.6 Å². The number of halogens is 4. The molecule has 9 N–H and O–H groups in total. The first-order chi connectivity index (χ1) is 19.8. The zero-order chi connectivity index (χ0) is 31.4. The minimum absolute atomic E-state index is 0.000949. The molecule has 15 heteroatoms. The second-order valence-corrected chi connectivity index (χ2v) is 9.77. The van der Waals surface area contributed by atoms with Crippen LogP contribution >= 0.6 is 0 Å². The highest BCUT2D eigenvalue weighted by Crippen LogP contribution is 2.29. The maximum Gasteiger partial charge on any atom is 0.491 e. The standard InChI is InChI=1S/C27H36BF4N5O5/c29-21-7-3-18(15-20(21)28(41)42)16-24(38)23(9-4-17-1-5-19(6-2-17)27(30,31)32)36-26(40)22(35)8-10-25(39)37(13-11-33)14-12-34/h1-3,5-7,15,22-23,41-42H,4,8-14,16,33-35H2,(H,36,40)/t22-,23+/m0/s1. The van der Waals surface area contributed by atoms with E-state index in [2.05, 4.69) is 5.32 Å². The van der Waals surface area contributed by atoms with Crippen LogP contribution < -0.4 is 28.0 Å². The smallest absolute Gasteiger partial charge is 0.423 e. The highest BCUT2D eigenvalue weighted by atomic mass is 19.4. The summed E-state index contributed by atoms with van der Waals surface area (Å²) in [7, 11) is -2.11. The number of benzene rings is 2. The molecule has 230 valence electrons. The molecule has 0 aromatic heterocycles. The number of nitrogens with zero attached hydrogens (tertiary/aromatic N) is 1. The quantitative estimate of drug-likeness (QED) is 0.112. The maximum absolute atomic E-state index is 13.9. The number of amides is 2. The Hall–Kier alpha value is -3.37. The molecule has 42 heavy (non-hydrogen) atoms. The molecule has 0 aliphatic heterocycles. The van der Waals surface area contributed by atoms with Crippen LogP contribution in [0.2, 0.25) is 0 Å². The van der Waals surface area contributed by atoms with Gasteiger partial charge in [-0.25, -0.2) is 4.39 Å². The fourth-order valence-electron chi connectivity index (χ4n) is 4.23. The molecule has 2 aromatic rings. The van der Waals surface area contributed by atoms with Gasteiger partial charge in [0.15, 0.2) is 5.78 Å². The fourth-order valence-corrected chi connectivity index (χ4v) is 4.23. The number of rotatable bonds is 16. The lowest BCUT2D eigenvalue weighted by molar-refractivity contribution is -0.137. The largest absolute Gasteiger partial charge is 0.491 e. The van der Waals surface area contributed by atoms with Gasteiger partial charge in [-0.05, 0) is 48.6 Å². The first kappa shape index (κ1) is 34.8. The third-order valence-corrected chi connectivity index (χ3v) is 6.58. The van der Waals surface area contributed by atoms with Gasteiger partial charge in [0.1, 0.15) is 5.82 Å². The van der Waals surface area contributed by atoms with Crippen molar-refractivity contribution < 1.29 is 42.0 Å². The fraction of sp³-hybridized carbons (Fsp3) is 0.444. The number of aryl methyl sites for hydroxylation is 1. The molecule has 0 spiro atoms. The van der Waals surface area contributed by atoms with Crippen LogP contribution in [0.3, 0.4) is 0 Å². The van der Waals surface area contributed by atoms with Gasteiger partial charge in [-0.3, -0.25) is 14.4 Å².